The zero-order chi connectivity index (χ0) is 15.3. The minimum atomic E-state index is -3.64. The van der Waals surface area contributed by atoms with Gasteiger partial charge in [-0.3, -0.25) is 4.98 Å². The maximum atomic E-state index is 12.3. The third kappa shape index (κ3) is 4.07. The van der Waals surface area contributed by atoms with Crippen LogP contribution in [0.5, 0.6) is 0 Å². The highest BCUT2D eigenvalue weighted by atomic mass is 32.2. The molecule has 0 unspecified atom stereocenters. The number of aromatic nitrogens is 1. The molecule has 0 radical (unpaired) electrons. The second-order valence-corrected chi connectivity index (χ2v) is 6.54. The molecule has 0 aliphatic rings. The monoisotopic (exact) mass is 321 g/mol. The average Bonchev–Trinajstić information content (AvgIpc) is 2.48. The molecule has 0 atom stereocenters. The molecule has 0 aliphatic heterocycles. The van der Waals surface area contributed by atoms with E-state index in [2.05, 4.69) is 9.71 Å². The number of nitrogens with one attached hydrogen (secondary N) is 1. The Balaban J connectivity index is 2.11. The highest BCUT2D eigenvalue weighted by molar-refractivity contribution is 7.89. The van der Waals surface area contributed by atoms with Crippen LogP contribution in [0.2, 0.25) is 0 Å². The zero-order valence-electron chi connectivity index (χ0n) is 11.2. The molecule has 0 amide bonds. The predicted molar refractivity (Wildman–Crippen MR) is 85.5 cm³/mol. The molecule has 3 N–H and O–H groups in total. The molecule has 1 aromatic heterocycles. The molecule has 5 nitrogen and oxygen atoms in total. The summed E-state index contributed by atoms with van der Waals surface area (Å²) in [5.41, 5.74) is 6.92. The van der Waals surface area contributed by atoms with Gasteiger partial charge >= 0.3 is 0 Å². The van der Waals surface area contributed by atoms with Gasteiger partial charge in [0, 0.05) is 24.5 Å². The van der Waals surface area contributed by atoms with E-state index in [1.165, 1.54) is 6.07 Å². The molecule has 21 heavy (non-hydrogen) atoms. The summed E-state index contributed by atoms with van der Waals surface area (Å²) in [7, 11) is -3.64. The number of rotatable bonds is 6. The number of nitrogens with two attached hydrogens (primary N) is 1. The largest absolute Gasteiger partial charge is 0.389 e. The summed E-state index contributed by atoms with van der Waals surface area (Å²) in [6, 6.07) is 10.1. The molecule has 0 spiro atoms. The maximum Gasteiger partial charge on any atom is 0.241 e. The van der Waals surface area contributed by atoms with Crippen LogP contribution in [-0.4, -0.2) is 24.9 Å². The first kappa shape index (κ1) is 15.6. The van der Waals surface area contributed by atoms with E-state index in [-0.39, 0.29) is 16.4 Å². The summed E-state index contributed by atoms with van der Waals surface area (Å²) in [5, 5.41) is 0. The van der Waals surface area contributed by atoms with E-state index in [1.54, 1.807) is 30.6 Å². The topological polar surface area (TPSA) is 85.1 Å². The number of thiocarbonyl (C=S) groups is 1. The fraction of sp³-hybridized carbons (Fsp3) is 0.143. The second-order valence-electron chi connectivity index (χ2n) is 4.36. The molecule has 2 rings (SSSR count). The SMILES string of the molecule is NC(=S)c1ccccc1S(=O)(=O)NCCc1ccncc1. The van der Waals surface area contributed by atoms with Crippen molar-refractivity contribution in [3.8, 4) is 0 Å². The van der Waals surface area contributed by atoms with Crippen LogP contribution < -0.4 is 10.5 Å². The van der Waals surface area contributed by atoms with E-state index in [9.17, 15) is 8.42 Å². The Kier molecular flexibility index (Phi) is 5.00. The Morgan fingerprint density at radius 3 is 2.52 bits per heavy atom. The lowest BCUT2D eigenvalue weighted by molar-refractivity contribution is 0.581. The number of benzene rings is 1. The molecule has 0 saturated heterocycles. The van der Waals surface area contributed by atoms with E-state index >= 15 is 0 Å². The molecular weight excluding hydrogens is 306 g/mol. The average molecular weight is 321 g/mol. The Morgan fingerprint density at radius 2 is 1.86 bits per heavy atom. The van der Waals surface area contributed by atoms with Gasteiger partial charge in [-0.05, 0) is 30.2 Å². The number of nitrogens with zero attached hydrogens (tertiary/aromatic N) is 1. The van der Waals surface area contributed by atoms with Gasteiger partial charge in [-0.15, -0.1) is 0 Å². The molecule has 2 aromatic rings. The Bertz CT molecular complexity index is 731. The van der Waals surface area contributed by atoms with Crippen LogP contribution in [-0.2, 0) is 16.4 Å². The number of pyridine rings is 1. The number of sulfonamides is 1. The van der Waals surface area contributed by atoms with Crippen LogP contribution in [0.15, 0.2) is 53.7 Å². The minimum Gasteiger partial charge on any atom is -0.389 e. The first-order valence-corrected chi connectivity index (χ1v) is 8.17. The van der Waals surface area contributed by atoms with Crippen molar-refractivity contribution >= 4 is 27.2 Å². The van der Waals surface area contributed by atoms with Gasteiger partial charge in [0.1, 0.15) is 4.99 Å². The van der Waals surface area contributed by atoms with Crippen molar-refractivity contribution in [2.75, 3.05) is 6.54 Å². The Hall–Kier alpha value is -1.83. The van der Waals surface area contributed by atoms with Gasteiger partial charge in [0.2, 0.25) is 10.0 Å². The zero-order valence-corrected chi connectivity index (χ0v) is 12.8. The Labute approximate surface area is 129 Å². The summed E-state index contributed by atoms with van der Waals surface area (Å²) < 4.78 is 27.2. The van der Waals surface area contributed by atoms with Gasteiger partial charge in [0.15, 0.2) is 0 Å². The summed E-state index contributed by atoms with van der Waals surface area (Å²) in [4.78, 5) is 4.08. The summed E-state index contributed by atoms with van der Waals surface area (Å²) in [5.74, 6) is 0. The van der Waals surface area contributed by atoms with E-state index in [0.29, 0.717) is 12.0 Å². The molecule has 0 bridgehead atoms. The number of hydrogen-bond donors (Lipinski definition) is 2. The van der Waals surface area contributed by atoms with Gasteiger partial charge in [-0.2, -0.15) is 0 Å². The first-order valence-electron chi connectivity index (χ1n) is 6.28. The molecule has 7 heteroatoms. The second kappa shape index (κ2) is 6.75. The predicted octanol–water partition coefficient (Wildman–Crippen LogP) is 1.24. The lowest BCUT2D eigenvalue weighted by Gasteiger charge is -2.10. The minimum absolute atomic E-state index is 0.0603. The van der Waals surface area contributed by atoms with Crippen molar-refractivity contribution in [2.24, 2.45) is 5.73 Å². The van der Waals surface area contributed by atoms with Crippen LogP contribution in [0, 0.1) is 0 Å². The van der Waals surface area contributed by atoms with Crippen molar-refractivity contribution in [1.29, 1.82) is 0 Å². The molecule has 1 heterocycles. The van der Waals surface area contributed by atoms with Gasteiger partial charge in [0.25, 0.3) is 0 Å². The van der Waals surface area contributed by atoms with E-state index in [1.807, 2.05) is 12.1 Å². The summed E-state index contributed by atoms with van der Waals surface area (Å²) >= 11 is 4.89. The normalized spacial score (nSPS) is 11.2. The van der Waals surface area contributed by atoms with Crippen LogP contribution >= 0.6 is 12.2 Å². The Morgan fingerprint density at radius 1 is 1.19 bits per heavy atom. The molecule has 0 fully saturated rings. The van der Waals surface area contributed by atoms with Gasteiger partial charge in [0.05, 0.1) is 4.90 Å². The third-order valence-electron chi connectivity index (χ3n) is 2.90. The molecule has 1 aromatic carbocycles. The third-order valence-corrected chi connectivity index (χ3v) is 4.64. The van der Waals surface area contributed by atoms with E-state index in [4.69, 9.17) is 18.0 Å². The van der Waals surface area contributed by atoms with Gasteiger partial charge < -0.3 is 5.73 Å². The van der Waals surface area contributed by atoms with E-state index < -0.39 is 10.0 Å². The van der Waals surface area contributed by atoms with E-state index in [0.717, 1.165) is 5.56 Å². The maximum absolute atomic E-state index is 12.3. The van der Waals surface area contributed by atoms with Crippen molar-refractivity contribution in [1.82, 2.24) is 9.71 Å². The standard InChI is InChI=1S/C14H15N3O2S2/c15-14(20)12-3-1-2-4-13(12)21(18,19)17-10-7-11-5-8-16-9-6-11/h1-6,8-9,17H,7,10H2,(H2,15,20). The van der Waals surface area contributed by atoms with Crippen molar-refractivity contribution < 1.29 is 8.42 Å². The van der Waals surface area contributed by atoms with Crippen LogP contribution in [0.25, 0.3) is 0 Å². The first-order chi connectivity index (χ1) is 10.0. The fourth-order valence-electron chi connectivity index (χ4n) is 1.86. The highest BCUT2D eigenvalue weighted by Crippen LogP contribution is 2.15. The van der Waals surface area contributed by atoms with Gasteiger partial charge in [-0.25, -0.2) is 13.1 Å². The molecule has 110 valence electrons. The number of hydrogen-bond acceptors (Lipinski definition) is 4. The fourth-order valence-corrected chi connectivity index (χ4v) is 3.36. The lowest BCUT2D eigenvalue weighted by Crippen LogP contribution is -2.28. The van der Waals surface area contributed by atoms with Crippen molar-refractivity contribution in [2.45, 2.75) is 11.3 Å². The molecule has 0 saturated carbocycles. The lowest BCUT2D eigenvalue weighted by atomic mass is 10.2. The van der Waals surface area contributed by atoms with Crippen molar-refractivity contribution in [3.05, 3.63) is 59.9 Å². The van der Waals surface area contributed by atoms with Crippen LogP contribution in [0.1, 0.15) is 11.1 Å². The quantitative estimate of drug-likeness (QED) is 0.782. The van der Waals surface area contributed by atoms with Crippen LogP contribution in [0.4, 0.5) is 0 Å². The highest BCUT2D eigenvalue weighted by Gasteiger charge is 2.18. The molecular formula is C14H15N3O2S2. The molecule has 0 aliphatic carbocycles. The summed E-state index contributed by atoms with van der Waals surface area (Å²) in [6.07, 6.45) is 3.93. The van der Waals surface area contributed by atoms with Gasteiger partial charge in [-0.1, -0.05) is 30.4 Å². The summed E-state index contributed by atoms with van der Waals surface area (Å²) in [6.45, 7) is 0.290. The van der Waals surface area contributed by atoms with Crippen LogP contribution in [0.3, 0.4) is 0 Å². The van der Waals surface area contributed by atoms with Crippen molar-refractivity contribution in [3.63, 3.8) is 0 Å². The smallest absolute Gasteiger partial charge is 0.241 e.